The highest BCUT2D eigenvalue weighted by Crippen LogP contribution is 2.43. The Bertz CT molecular complexity index is 1580. The third-order valence-corrected chi connectivity index (χ3v) is 10.00. The van der Waals surface area contributed by atoms with Crippen LogP contribution in [-0.2, 0) is 14.6 Å². The van der Waals surface area contributed by atoms with Crippen LogP contribution in [0.5, 0.6) is 5.88 Å². The van der Waals surface area contributed by atoms with Crippen molar-refractivity contribution in [3.8, 4) is 5.88 Å². The summed E-state index contributed by atoms with van der Waals surface area (Å²) < 4.78 is 35.3. The molecule has 0 saturated heterocycles. The minimum Gasteiger partial charge on any atom is -0.474 e. The van der Waals surface area contributed by atoms with Gasteiger partial charge in [0.05, 0.1) is 21.9 Å². The van der Waals surface area contributed by atoms with E-state index in [1.807, 2.05) is 26.8 Å². The molecular weight excluding hydrogens is 518 g/mol. The molecule has 2 aliphatic carbocycles. The molecule has 0 amide bonds. The summed E-state index contributed by atoms with van der Waals surface area (Å²) in [5.74, 6) is 1.53. The van der Waals surface area contributed by atoms with E-state index in [1.54, 1.807) is 24.5 Å². The number of nitrogens with zero attached hydrogens (tertiary/aromatic N) is 3. The van der Waals surface area contributed by atoms with E-state index in [0.29, 0.717) is 47.5 Å². The van der Waals surface area contributed by atoms with E-state index in [1.165, 1.54) is 6.26 Å². The van der Waals surface area contributed by atoms with E-state index < -0.39 is 15.4 Å². The lowest BCUT2D eigenvalue weighted by atomic mass is 9.84. The zero-order valence-corrected chi connectivity index (χ0v) is 23.3. The number of carbonyl (C=O) groups is 1. The largest absolute Gasteiger partial charge is 0.474 e. The van der Waals surface area contributed by atoms with Crippen LogP contribution in [0.3, 0.4) is 0 Å². The number of carbonyl (C=O) groups excluding carboxylic acids is 1. The number of fused-ring (bicyclic) bond motifs is 2. The summed E-state index contributed by atoms with van der Waals surface area (Å²) in [5.41, 5.74) is 8.03. The fraction of sp³-hybridized carbons (Fsp3) is 0.500. The van der Waals surface area contributed by atoms with Gasteiger partial charge in [-0.05, 0) is 61.8 Å². The fourth-order valence-electron chi connectivity index (χ4n) is 5.28. The van der Waals surface area contributed by atoms with Crippen molar-refractivity contribution < 1.29 is 22.7 Å². The van der Waals surface area contributed by atoms with Gasteiger partial charge in [0.15, 0.2) is 9.84 Å². The molecule has 3 aromatic heterocycles. The lowest BCUT2D eigenvalue weighted by molar-refractivity contribution is -0.0189. The van der Waals surface area contributed by atoms with Crippen molar-refractivity contribution in [2.24, 2.45) is 11.7 Å². The molecule has 2 atom stereocenters. The number of ether oxygens (including phenoxy) is 2. The van der Waals surface area contributed by atoms with Crippen LogP contribution in [0.25, 0.3) is 10.8 Å². The summed E-state index contributed by atoms with van der Waals surface area (Å²) in [5, 5.41) is 4.52. The lowest BCUT2D eigenvalue weighted by Crippen LogP contribution is -2.42. The average molecular weight is 552 g/mol. The van der Waals surface area contributed by atoms with Gasteiger partial charge in [-0.25, -0.2) is 28.2 Å². The van der Waals surface area contributed by atoms with Crippen LogP contribution < -0.4 is 15.8 Å². The summed E-state index contributed by atoms with van der Waals surface area (Å²) in [7, 11) is -3.08. The highest BCUT2D eigenvalue weighted by Gasteiger charge is 2.41. The number of anilines is 2. The number of hydrogen-bond acceptors (Lipinski definition) is 10. The van der Waals surface area contributed by atoms with Crippen molar-refractivity contribution in [2.75, 3.05) is 11.6 Å². The second-order valence-electron chi connectivity index (χ2n) is 11.6. The molecule has 0 bridgehead atoms. The molecule has 2 saturated carbocycles. The number of cyclic esters (lactones) is 1. The maximum atomic E-state index is 12.5. The number of hydrogen-bond donors (Lipinski definition) is 2. The third-order valence-electron chi connectivity index (χ3n) is 8.40. The molecule has 2 fully saturated rings. The quantitative estimate of drug-likeness (QED) is 0.410. The van der Waals surface area contributed by atoms with Gasteiger partial charge in [0.2, 0.25) is 5.88 Å². The van der Waals surface area contributed by atoms with E-state index in [0.717, 1.165) is 29.2 Å². The van der Waals surface area contributed by atoms with Crippen molar-refractivity contribution in [3.63, 3.8) is 0 Å². The highest BCUT2D eigenvalue weighted by molar-refractivity contribution is 7.91. The van der Waals surface area contributed by atoms with Gasteiger partial charge in [0.1, 0.15) is 23.3 Å². The van der Waals surface area contributed by atoms with Gasteiger partial charge in [0.25, 0.3) is 0 Å². The van der Waals surface area contributed by atoms with Gasteiger partial charge in [0, 0.05) is 43.5 Å². The van der Waals surface area contributed by atoms with Gasteiger partial charge in [-0.15, -0.1) is 0 Å². The minimum atomic E-state index is -3.08. The molecule has 6 rings (SSSR count). The number of nitrogens with two attached hydrogens (primary N) is 1. The van der Waals surface area contributed by atoms with Gasteiger partial charge >= 0.3 is 5.97 Å². The van der Waals surface area contributed by atoms with Gasteiger partial charge < -0.3 is 20.5 Å². The second-order valence-corrected chi connectivity index (χ2v) is 14.0. The number of nitrogens with one attached hydrogen (secondary N) is 1. The Kier molecular flexibility index (Phi) is 6.07. The highest BCUT2D eigenvalue weighted by atomic mass is 32.2. The second kappa shape index (κ2) is 9.12. The number of sulfone groups is 1. The first-order valence-electron chi connectivity index (χ1n) is 13.3. The molecular formula is C28H33N5O5S. The third kappa shape index (κ3) is 4.82. The van der Waals surface area contributed by atoms with Crippen molar-refractivity contribution >= 4 is 38.2 Å². The standard InChI is InChI=1S/C28H33N5O5S/c1-14-25-18(27(34)38-28(14,2)3)7-8-22(33-25)32-23-11-19-20(24(29)15-5-6-15)12-31-26(21(19)13-30-23)37-16-9-17(10-16)39(4,35)36/h7-8,11-17,24H,5-6,9-10,29H2,1-4H3,(H,30,32,33)/t14-,16-,17+,24-/m1/s1. The summed E-state index contributed by atoms with van der Waals surface area (Å²) in [4.78, 5) is 26.4. The van der Waals surface area contributed by atoms with E-state index in [-0.39, 0.29) is 29.3 Å². The smallest absolute Gasteiger partial charge is 0.340 e. The summed E-state index contributed by atoms with van der Waals surface area (Å²) >= 11 is 0. The molecule has 0 unspecified atom stereocenters. The van der Waals surface area contributed by atoms with E-state index in [2.05, 4.69) is 15.3 Å². The lowest BCUT2D eigenvalue weighted by Gasteiger charge is -2.36. The number of aromatic nitrogens is 3. The van der Waals surface area contributed by atoms with Crippen LogP contribution in [0.4, 0.5) is 11.6 Å². The molecule has 0 aromatic carbocycles. The number of esters is 1. The molecule has 206 valence electrons. The van der Waals surface area contributed by atoms with E-state index >= 15 is 0 Å². The zero-order chi connectivity index (χ0) is 27.7. The van der Waals surface area contributed by atoms with Gasteiger partial charge in [-0.2, -0.15) is 0 Å². The first-order chi connectivity index (χ1) is 18.4. The Morgan fingerprint density at radius 2 is 1.87 bits per heavy atom. The van der Waals surface area contributed by atoms with Crippen LogP contribution in [0.15, 0.2) is 30.6 Å². The van der Waals surface area contributed by atoms with E-state index in [9.17, 15) is 13.2 Å². The Balaban J connectivity index is 1.32. The predicted octanol–water partition coefficient (Wildman–Crippen LogP) is 4.19. The average Bonchev–Trinajstić information content (AvgIpc) is 3.68. The van der Waals surface area contributed by atoms with Crippen LogP contribution in [0.2, 0.25) is 0 Å². The molecule has 4 heterocycles. The Morgan fingerprint density at radius 1 is 1.13 bits per heavy atom. The molecule has 3 N–H and O–H groups in total. The topological polar surface area (TPSA) is 146 Å². The molecule has 11 heteroatoms. The number of pyridine rings is 3. The van der Waals surface area contributed by atoms with Crippen molar-refractivity contribution in [2.45, 2.75) is 75.4 Å². The maximum absolute atomic E-state index is 12.5. The Morgan fingerprint density at radius 3 is 2.56 bits per heavy atom. The van der Waals surface area contributed by atoms with Crippen LogP contribution >= 0.6 is 0 Å². The Labute approximate surface area is 227 Å². The van der Waals surface area contributed by atoms with Crippen LogP contribution in [0.1, 0.15) is 80.0 Å². The molecule has 39 heavy (non-hydrogen) atoms. The predicted molar refractivity (Wildman–Crippen MR) is 147 cm³/mol. The SMILES string of the molecule is C[C@@H]1c2nc(Nc3cc4c([C@H](N)C5CC5)cnc(O[C@H]5C[C@@H](S(C)(=O)=O)C5)c4cn3)ccc2C(=O)OC1(C)C. The monoisotopic (exact) mass is 551 g/mol. The molecule has 10 nitrogen and oxygen atoms in total. The van der Waals surface area contributed by atoms with E-state index in [4.69, 9.17) is 20.2 Å². The fourth-order valence-corrected chi connectivity index (χ4v) is 6.41. The maximum Gasteiger partial charge on any atom is 0.340 e. The van der Waals surface area contributed by atoms with Crippen LogP contribution in [0, 0.1) is 5.92 Å². The van der Waals surface area contributed by atoms with Crippen LogP contribution in [-0.4, -0.2) is 52.5 Å². The van der Waals surface area contributed by atoms with Gasteiger partial charge in [-0.3, -0.25) is 0 Å². The molecule has 0 spiro atoms. The summed E-state index contributed by atoms with van der Waals surface area (Å²) in [6.45, 7) is 5.76. The molecule has 0 radical (unpaired) electrons. The number of rotatable bonds is 7. The summed E-state index contributed by atoms with van der Waals surface area (Å²) in [6, 6.07) is 5.24. The zero-order valence-electron chi connectivity index (χ0n) is 22.5. The molecule has 3 aromatic rings. The van der Waals surface area contributed by atoms with Gasteiger partial charge in [-0.1, -0.05) is 6.92 Å². The Hall–Kier alpha value is -3.31. The van der Waals surface area contributed by atoms with Crippen molar-refractivity contribution in [1.82, 2.24) is 15.0 Å². The normalized spacial score (nSPS) is 24.8. The minimum absolute atomic E-state index is 0.0840. The van der Waals surface area contributed by atoms with Crippen molar-refractivity contribution in [1.29, 1.82) is 0 Å². The molecule has 3 aliphatic rings. The first-order valence-corrected chi connectivity index (χ1v) is 15.3. The summed E-state index contributed by atoms with van der Waals surface area (Å²) in [6.07, 6.45) is 7.60. The first kappa shape index (κ1) is 25.9. The van der Waals surface area contributed by atoms with Crippen molar-refractivity contribution in [3.05, 3.63) is 47.4 Å². The molecule has 1 aliphatic heterocycles.